The van der Waals surface area contributed by atoms with Gasteiger partial charge < -0.3 is 28.8 Å². The highest BCUT2D eigenvalue weighted by Gasteiger charge is 2.51. The minimum absolute atomic E-state index is 0.0796. The van der Waals surface area contributed by atoms with Crippen LogP contribution in [0.4, 0.5) is 0 Å². The third-order valence-electron chi connectivity index (χ3n) is 6.79. The Hall–Kier alpha value is -2.49. The van der Waals surface area contributed by atoms with Crippen LogP contribution < -0.4 is 10.8 Å². The molecule has 2 aromatic carbocycles. The number of carbonyl (C=O) groups is 2. The van der Waals surface area contributed by atoms with Crippen LogP contribution in [-0.2, 0) is 40.3 Å². The van der Waals surface area contributed by atoms with E-state index in [0.29, 0.717) is 11.1 Å². The molecule has 0 unspecified atom stereocenters. The van der Waals surface area contributed by atoms with Gasteiger partial charge in [-0.15, -0.1) is 0 Å². The van der Waals surface area contributed by atoms with E-state index in [0.717, 1.165) is 11.0 Å². The molecule has 9 nitrogen and oxygen atoms in total. The van der Waals surface area contributed by atoms with Gasteiger partial charge in [-0.1, -0.05) is 36.4 Å². The van der Waals surface area contributed by atoms with Crippen LogP contribution in [0.15, 0.2) is 48.5 Å². The quantitative estimate of drug-likeness (QED) is 0.301. The molecule has 1 atom stereocenters. The van der Waals surface area contributed by atoms with Gasteiger partial charge in [-0.3, -0.25) is 9.36 Å². The minimum atomic E-state index is -3.27. The lowest BCUT2D eigenvalue weighted by Crippen LogP contribution is -2.42. The highest BCUT2D eigenvalue weighted by atomic mass is 31.2. The highest BCUT2D eigenvalue weighted by molar-refractivity contribution is 7.53. The van der Waals surface area contributed by atoms with E-state index in [4.69, 9.17) is 18.4 Å². The first-order valence-electron chi connectivity index (χ1n) is 12.7. The van der Waals surface area contributed by atoms with Crippen molar-refractivity contribution in [1.29, 1.82) is 0 Å². The second-order valence-electron chi connectivity index (χ2n) is 10.2. The third kappa shape index (κ3) is 7.33. The molecule has 1 amide bonds. The van der Waals surface area contributed by atoms with E-state index in [1.807, 2.05) is 52.0 Å². The Labute approximate surface area is 224 Å². The zero-order chi connectivity index (χ0) is 28.1. The van der Waals surface area contributed by atoms with Crippen molar-refractivity contribution in [2.75, 3.05) is 13.2 Å². The lowest BCUT2D eigenvalue weighted by Gasteiger charge is -2.32. The van der Waals surface area contributed by atoms with Gasteiger partial charge in [0, 0.05) is 12.0 Å². The Morgan fingerprint density at radius 1 is 0.921 bits per heavy atom. The highest BCUT2D eigenvalue weighted by Crippen LogP contribution is 2.51. The zero-order valence-corrected chi connectivity index (χ0v) is 23.7. The molecule has 0 aliphatic carbocycles. The van der Waals surface area contributed by atoms with E-state index >= 15 is 0 Å². The molecule has 0 aromatic heterocycles. The second-order valence-corrected chi connectivity index (χ2v) is 12.3. The van der Waals surface area contributed by atoms with Gasteiger partial charge in [0.15, 0.2) is 0 Å². The van der Waals surface area contributed by atoms with Crippen LogP contribution in [0.25, 0.3) is 0 Å². The van der Waals surface area contributed by atoms with Gasteiger partial charge in [0.25, 0.3) is 5.91 Å². The summed E-state index contributed by atoms with van der Waals surface area (Å²) in [6.45, 7) is 11.9. The first-order chi connectivity index (χ1) is 17.8. The molecule has 0 radical (unpaired) electrons. The number of aliphatic carboxylic acids is 1. The van der Waals surface area contributed by atoms with E-state index in [1.165, 1.54) is 0 Å². The smallest absolute Gasteiger partial charge is 0.480 e. The Morgan fingerprint density at radius 2 is 1.42 bits per heavy atom. The predicted molar refractivity (Wildman–Crippen MR) is 146 cm³/mol. The van der Waals surface area contributed by atoms with Crippen LogP contribution in [0.2, 0.25) is 0 Å². The van der Waals surface area contributed by atoms with Gasteiger partial charge in [-0.25, -0.2) is 4.79 Å². The molecular weight excluding hydrogens is 508 g/mol. The maximum Gasteiger partial charge on any atom is 0.494 e. The molecule has 1 aliphatic rings. The molecule has 0 bridgehead atoms. The van der Waals surface area contributed by atoms with Crippen LogP contribution in [-0.4, -0.2) is 54.6 Å². The number of amides is 1. The molecule has 1 fully saturated rings. The number of carboxylic acid groups (broad SMARTS) is 1. The van der Waals surface area contributed by atoms with Crippen molar-refractivity contribution in [3.63, 3.8) is 0 Å². The Bertz CT molecular complexity index is 1140. The summed E-state index contributed by atoms with van der Waals surface area (Å²) in [6, 6.07) is 12.6. The Morgan fingerprint density at radius 3 is 1.89 bits per heavy atom. The fourth-order valence-corrected chi connectivity index (χ4v) is 5.68. The molecule has 206 valence electrons. The van der Waals surface area contributed by atoms with Crippen molar-refractivity contribution in [2.24, 2.45) is 0 Å². The summed E-state index contributed by atoms with van der Waals surface area (Å²) in [5, 5.41) is 12.3. The number of benzene rings is 2. The predicted octanol–water partition coefficient (Wildman–Crippen LogP) is 4.18. The number of rotatable bonds is 12. The molecule has 1 saturated heterocycles. The summed E-state index contributed by atoms with van der Waals surface area (Å²) in [4.78, 5) is 24.7. The van der Waals surface area contributed by atoms with E-state index < -0.39 is 43.8 Å². The monoisotopic (exact) mass is 545 g/mol. The standard InChI is InChI=1S/C27H37BNO8P/c1-7-34-38(33,35-8-2)18-20-9-13-21(14-10-20)24(30)29-23(25(31)32)17-19-11-15-22(16-12-19)28-36-26(3,4)27(5,6)37-28/h9-16,23H,7-8,17-18H2,1-6H3,(H,29,30)(H,31,32)/t23-/m1/s1. The Balaban J connectivity index is 1.63. The number of carboxylic acids is 1. The van der Waals surface area contributed by atoms with E-state index in [9.17, 15) is 19.3 Å². The van der Waals surface area contributed by atoms with Gasteiger partial charge in [0.05, 0.1) is 30.6 Å². The van der Waals surface area contributed by atoms with E-state index in [-0.39, 0.29) is 25.8 Å². The molecule has 2 N–H and O–H groups in total. The molecule has 0 saturated carbocycles. The normalized spacial score (nSPS) is 17.3. The number of nitrogens with one attached hydrogen (secondary N) is 1. The summed E-state index contributed by atoms with van der Waals surface area (Å²) in [5.74, 6) is -1.66. The first kappa shape index (κ1) is 30.1. The number of hydrogen-bond acceptors (Lipinski definition) is 7. The van der Waals surface area contributed by atoms with Gasteiger partial charge in [0.2, 0.25) is 0 Å². The summed E-state index contributed by atoms with van der Waals surface area (Å²) >= 11 is 0. The molecule has 2 aromatic rings. The Kier molecular flexibility index (Phi) is 9.60. The average Bonchev–Trinajstić information content (AvgIpc) is 3.06. The van der Waals surface area contributed by atoms with Crippen molar-refractivity contribution >= 4 is 32.1 Å². The zero-order valence-electron chi connectivity index (χ0n) is 22.9. The molecule has 38 heavy (non-hydrogen) atoms. The van der Waals surface area contributed by atoms with Gasteiger partial charge in [0.1, 0.15) is 6.04 Å². The van der Waals surface area contributed by atoms with E-state index in [1.54, 1.807) is 38.1 Å². The molecule has 1 aliphatic heterocycles. The summed E-state index contributed by atoms with van der Waals surface area (Å²) in [5.41, 5.74) is 1.64. The number of carbonyl (C=O) groups excluding carboxylic acids is 1. The second kappa shape index (κ2) is 12.1. The van der Waals surface area contributed by atoms with Crippen molar-refractivity contribution in [3.8, 4) is 0 Å². The molecular formula is C27H37BNO8P. The lowest BCUT2D eigenvalue weighted by molar-refractivity contribution is -0.139. The van der Waals surface area contributed by atoms with Crippen LogP contribution in [0.1, 0.15) is 63.0 Å². The minimum Gasteiger partial charge on any atom is -0.480 e. The average molecular weight is 545 g/mol. The van der Waals surface area contributed by atoms with Crippen molar-refractivity contribution in [1.82, 2.24) is 5.32 Å². The van der Waals surface area contributed by atoms with Crippen molar-refractivity contribution in [3.05, 3.63) is 65.2 Å². The maximum atomic E-state index is 12.8. The molecule has 1 heterocycles. The third-order valence-corrected chi connectivity index (χ3v) is 8.85. The largest absolute Gasteiger partial charge is 0.494 e. The summed E-state index contributed by atoms with van der Waals surface area (Å²) in [6.07, 6.45) is 0.185. The fraction of sp³-hybridized carbons (Fsp3) is 0.481. The van der Waals surface area contributed by atoms with Crippen LogP contribution in [0, 0.1) is 0 Å². The topological polar surface area (TPSA) is 120 Å². The fourth-order valence-electron chi connectivity index (χ4n) is 3.97. The van der Waals surface area contributed by atoms with Gasteiger partial charge in [-0.05, 0) is 70.3 Å². The van der Waals surface area contributed by atoms with Crippen LogP contribution >= 0.6 is 7.60 Å². The lowest BCUT2D eigenvalue weighted by atomic mass is 9.78. The maximum absolute atomic E-state index is 12.8. The summed E-state index contributed by atoms with van der Waals surface area (Å²) < 4.78 is 35.5. The van der Waals surface area contributed by atoms with E-state index in [2.05, 4.69) is 5.32 Å². The SMILES string of the molecule is CCOP(=O)(Cc1ccc(C(=O)N[C@H](Cc2ccc(B3OC(C)(C)C(C)(C)O3)cc2)C(=O)O)cc1)OCC. The molecule has 11 heteroatoms. The van der Waals surface area contributed by atoms with Crippen molar-refractivity contribution in [2.45, 2.75) is 71.4 Å². The number of hydrogen-bond donors (Lipinski definition) is 2. The van der Waals surface area contributed by atoms with Crippen molar-refractivity contribution < 1.29 is 37.6 Å². The first-order valence-corrected chi connectivity index (χ1v) is 14.5. The van der Waals surface area contributed by atoms with Crippen LogP contribution in [0.5, 0.6) is 0 Å². The molecule has 3 rings (SSSR count). The van der Waals surface area contributed by atoms with Crippen LogP contribution in [0.3, 0.4) is 0 Å². The summed E-state index contributed by atoms with van der Waals surface area (Å²) in [7, 11) is -3.78. The van der Waals surface area contributed by atoms with Gasteiger partial charge >= 0.3 is 20.7 Å². The molecule has 0 spiro atoms. The van der Waals surface area contributed by atoms with Gasteiger partial charge in [-0.2, -0.15) is 0 Å².